The van der Waals surface area contributed by atoms with Crippen molar-refractivity contribution in [3.63, 3.8) is 0 Å². The van der Waals surface area contributed by atoms with Crippen LogP contribution in [0.2, 0.25) is 0 Å². The SMILES string of the molecule is O=S(=O)(NC(F)(F)C(F)=C(F)F)C(F)(F)C(F)=C(F)F. The fraction of sp³-hybridized carbons (Fsp3) is 0.333. The molecular weight excluding hydrogens is 340 g/mol. The van der Waals surface area contributed by atoms with Crippen LogP contribution in [0.4, 0.5) is 43.9 Å². The van der Waals surface area contributed by atoms with Crippen LogP contribution >= 0.6 is 0 Å². The van der Waals surface area contributed by atoms with Crippen LogP contribution in [0.15, 0.2) is 23.8 Å². The summed E-state index contributed by atoms with van der Waals surface area (Å²) in [4.78, 5) is 0. The van der Waals surface area contributed by atoms with E-state index in [4.69, 9.17) is 0 Å². The zero-order valence-electron chi connectivity index (χ0n) is 8.50. The van der Waals surface area contributed by atoms with Crippen LogP contribution in [0.25, 0.3) is 0 Å². The number of halogens is 10. The highest BCUT2D eigenvalue weighted by molar-refractivity contribution is 7.90. The Labute approximate surface area is 103 Å². The van der Waals surface area contributed by atoms with Gasteiger partial charge in [0.15, 0.2) is 0 Å². The fourth-order valence-corrected chi connectivity index (χ4v) is 1.49. The maximum absolute atomic E-state index is 12.6. The van der Waals surface area contributed by atoms with E-state index in [1.165, 1.54) is 0 Å². The van der Waals surface area contributed by atoms with Crippen LogP contribution in [-0.2, 0) is 10.0 Å². The first-order chi connectivity index (χ1) is 8.67. The third-order valence-corrected chi connectivity index (χ3v) is 2.84. The Morgan fingerprint density at radius 1 is 0.750 bits per heavy atom. The number of rotatable bonds is 5. The van der Waals surface area contributed by atoms with Gasteiger partial charge in [-0.3, -0.25) is 0 Å². The highest BCUT2D eigenvalue weighted by Gasteiger charge is 2.57. The van der Waals surface area contributed by atoms with Gasteiger partial charge in [0.1, 0.15) is 0 Å². The number of sulfonamides is 1. The molecule has 0 spiro atoms. The van der Waals surface area contributed by atoms with Gasteiger partial charge in [0, 0.05) is 0 Å². The van der Waals surface area contributed by atoms with Crippen molar-refractivity contribution in [2.75, 3.05) is 0 Å². The summed E-state index contributed by atoms with van der Waals surface area (Å²) in [5.74, 6) is -7.69. The van der Waals surface area contributed by atoms with E-state index in [-0.39, 0.29) is 0 Å². The van der Waals surface area contributed by atoms with Gasteiger partial charge in [0.25, 0.3) is 21.7 Å². The molecule has 0 aliphatic carbocycles. The molecule has 0 rings (SSSR count). The summed E-state index contributed by atoms with van der Waals surface area (Å²) in [6.45, 7) is 0. The topological polar surface area (TPSA) is 46.2 Å². The Kier molecular flexibility index (Phi) is 5.22. The summed E-state index contributed by atoms with van der Waals surface area (Å²) in [5.41, 5.74) is 0. The van der Waals surface area contributed by atoms with Crippen molar-refractivity contribution in [1.29, 1.82) is 0 Å². The summed E-state index contributed by atoms with van der Waals surface area (Å²) in [6.07, 6.45) is -7.63. The standard InChI is InChI=1S/C6HF10NO2S/c7-1(3(9)10)5(13,14)17-20(18,19)6(15,16)2(8)4(11)12/h17H. The average Bonchev–Trinajstić information content (AvgIpc) is 2.24. The van der Waals surface area contributed by atoms with E-state index in [0.29, 0.717) is 0 Å². The fourth-order valence-electron chi connectivity index (χ4n) is 0.624. The highest BCUT2D eigenvalue weighted by Crippen LogP contribution is 2.36. The van der Waals surface area contributed by atoms with Crippen molar-refractivity contribution >= 4 is 10.0 Å². The first kappa shape index (κ1) is 18.7. The van der Waals surface area contributed by atoms with Gasteiger partial charge in [0.05, 0.1) is 0 Å². The third-order valence-electron chi connectivity index (χ3n) is 1.46. The minimum Gasteiger partial charge on any atom is -0.205 e. The van der Waals surface area contributed by atoms with Crippen molar-refractivity contribution in [2.45, 2.75) is 11.3 Å². The molecule has 0 atom stereocenters. The molecule has 0 aromatic carbocycles. The van der Waals surface area contributed by atoms with E-state index in [1.807, 2.05) is 0 Å². The first-order valence-corrected chi connectivity index (χ1v) is 5.36. The smallest absolute Gasteiger partial charge is 0.205 e. The van der Waals surface area contributed by atoms with E-state index in [9.17, 15) is 52.3 Å². The molecule has 0 aromatic heterocycles. The number of alkyl halides is 4. The lowest BCUT2D eigenvalue weighted by molar-refractivity contribution is -0.00556. The highest BCUT2D eigenvalue weighted by atomic mass is 32.2. The van der Waals surface area contributed by atoms with Crippen LogP contribution in [0, 0.1) is 0 Å². The largest absolute Gasteiger partial charge is 0.415 e. The predicted molar refractivity (Wildman–Crippen MR) is 42.6 cm³/mol. The van der Waals surface area contributed by atoms with Gasteiger partial charge in [-0.25, -0.2) is 8.42 Å². The van der Waals surface area contributed by atoms with Crippen molar-refractivity contribution in [3.8, 4) is 0 Å². The van der Waals surface area contributed by atoms with Crippen LogP contribution in [-0.4, -0.2) is 19.7 Å². The molecule has 0 amide bonds. The molecule has 20 heavy (non-hydrogen) atoms. The predicted octanol–water partition coefficient (Wildman–Crippen LogP) is 3.25. The molecule has 118 valence electrons. The molecule has 1 N–H and O–H groups in total. The quantitative estimate of drug-likeness (QED) is 0.616. The Morgan fingerprint density at radius 3 is 1.40 bits per heavy atom. The lowest BCUT2D eigenvalue weighted by atomic mass is 10.5. The Bertz CT molecular complexity index is 542. The molecule has 14 heteroatoms. The third kappa shape index (κ3) is 3.62. The summed E-state index contributed by atoms with van der Waals surface area (Å²) >= 11 is 0. The van der Waals surface area contributed by atoms with Crippen LogP contribution in [0.1, 0.15) is 0 Å². The van der Waals surface area contributed by atoms with Gasteiger partial charge in [-0.15, -0.1) is 4.72 Å². The Morgan fingerprint density at radius 2 is 1.10 bits per heavy atom. The van der Waals surface area contributed by atoms with Gasteiger partial charge >= 0.3 is 23.5 Å². The second-order valence-electron chi connectivity index (χ2n) is 2.85. The molecule has 0 radical (unpaired) electrons. The van der Waals surface area contributed by atoms with Crippen molar-refractivity contribution in [2.24, 2.45) is 0 Å². The van der Waals surface area contributed by atoms with Crippen molar-refractivity contribution in [3.05, 3.63) is 23.8 Å². The molecule has 0 saturated heterocycles. The summed E-state index contributed by atoms with van der Waals surface area (Å²) in [6, 6.07) is -5.89. The summed E-state index contributed by atoms with van der Waals surface area (Å²) < 4.78 is 141. The van der Waals surface area contributed by atoms with Crippen LogP contribution < -0.4 is 4.72 Å². The molecule has 0 bridgehead atoms. The van der Waals surface area contributed by atoms with Gasteiger partial charge in [-0.1, -0.05) is 0 Å². The van der Waals surface area contributed by atoms with E-state index < -0.39 is 49.9 Å². The molecule has 0 aliphatic rings. The number of nitrogens with one attached hydrogen (secondary N) is 1. The van der Waals surface area contributed by atoms with Gasteiger partial charge < -0.3 is 0 Å². The zero-order valence-corrected chi connectivity index (χ0v) is 9.32. The second kappa shape index (κ2) is 5.59. The maximum Gasteiger partial charge on any atom is 0.415 e. The van der Waals surface area contributed by atoms with Crippen LogP contribution in [0.5, 0.6) is 0 Å². The Balaban J connectivity index is 5.73. The summed E-state index contributed by atoms with van der Waals surface area (Å²) in [5, 5.41) is -6.23. The lowest BCUT2D eigenvalue weighted by Crippen LogP contribution is -2.49. The average molecular weight is 341 g/mol. The monoisotopic (exact) mass is 341 g/mol. The molecule has 0 aromatic rings. The molecular formula is C6HF10NO2S. The number of hydrogen-bond acceptors (Lipinski definition) is 2. The molecule has 0 aliphatic heterocycles. The van der Waals surface area contributed by atoms with Crippen molar-refractivity contribution < 1.29 is 52.3 Å². The zero-order chi connectivity index (χ0) is 16.5. The normalized spacial score (nSPS) is 13.1. The molecule has 0 heterocycles. The molecule has 0 saturated carbocycles. The molecule has 0 fully saturated rings. The second-order valence-corrected chi connectivity index (χ2v) is 4.57. The maximum atomic E-state index is 12.6. The Hall–Kier alpha value is -1.31. The summed E-state index contributed by atoms with van der Waals surface area (Å²) in [7, 11) is -6.99. The molecule has 0 unspecified atom stereocenters. The van der Waals surface area contributed by atoms with Crippen molar-refractivity contribution in [1.82, 2.24) is 4.72 Å². The van der Waals surface area contributed by atoms with Gasteiger partial charge in [0.2, 0.25) is 0 Å². The minimum atomic E-state index is -6.99. The van der Waals surface area contributed by atoms with E-state index in [2.05, 4.69) is 0 Å². The van der Waals surface area contributed by atoms with E-state index >= 15 is 0 Å². The lowest BCUT2D eigenvalue weighted by Gasteiger charge is -2.20. The van der Waals surface area contributed by atoms with E-state index in [0.717, 1.165) is 0 Å². The minimum absolute atomic E-state index is 0.642. The van der Waals surface area contributed by atoms with E-state index in [1.54, 1.807) is 0 Å². The number of hydrogen-bond donors (Lipinski definition) is 1. The van der Waals surface area contributed by atoms with Gasteiger partial charge in [-0.2, -0.15) is 43.9 Å². The van der Waals surface area contributed by atoms with Gasteiger partial charge in [-0.05, 0) is 0 Å². The first-order valence-electron chi connectivity index (χ1n) is 3.88. The molecule has 3 nitrogen and oxygen atoms in total. The van der Waals surface area contributed by atoms with Crippen LogP contribution in [0.3, 0.4) is 0 Å².